The minimum atomic E-state index is 0.0671. The maximum Gasteiger partial charge on any atom is 0.254 e. The van der Waals surface area contributed by atoms with E-state index in [-0.39, 0.29) is 17.5 Å². The van der Waals surface area contributed by atoms with Crippen molar-refractivity contribution in [1.29, 1.82) is 0 Å². The zero-order chi connectivity index (χ0) is 19.0. The Morgan fingerprint density at radius 1 is 0.840 bits per heavy atom. The van der Waals surface area contributed by atoms with Crippen LogP contribution < -0.4 is 5.56 Å². The zero-order valence-corrected chi connectivity index (χ0v) is 16.2. The van der Waals surface area contributed by atoms with E-state index < -0.39 is 0 Å². The van der Waals surface area contributed by atoms with Gasteiger partial charge in [-0.2, -0.15) is 0 Å². The molecule has 25 heavy (non-hydrogen) atoms. The first-order valence-corrected chi connectivity index (χ1v) is 8.98. The van der Waals surface area contributed by atoms with Crippen LogP contribution in [0.25, 0.3) is 0 Å². The monoisotopic (exact) mass is 342 g/mol. The van der Waals surface area contributed by atoms with Crippen molar-refractivity contribution in [3.05, 3.63) is 70.1 Å². The average molecular weight is 342 g/mol. The molecule has 4 nitrogen and oxygen atoms in total. The Balaban J connectivity index is 0.000000235. The fourth-order valence-electron chi connectivity index (χ4n) is 2.56. The van der Waals surface area contributed by atoms with Gasteiger partial charge in [-0.05, 0) is 45.4 Å². The third-order valence-corrected chi connectivity index (χ3v) is 3.88. The number of pyridine rings is 1. The summed E-state index contributed by atoms with van der Waals surface area (Å²) in [6.45, 7) is 12.8. The van der Waals surface area contributed by atoms with Crippen molar-refractivity contribution in [2.45, 2.75) is 60.2 Å². The van der Waals surface area contributed by atoms with Gasteiger partial charge in [-0.3, -0.25) is 9.59 Å². The first-order chi connectivity index (χ1) is 11.9. The molecule has 1 amide bonds. The number of benzene rings is 1. The Bertz CT molecular complexity index is 732. The molecular weight excluding hydrogens is 312 g/mol. The first-order valence-electron chi connectivity index (χ1n) is 8.98. The SMILES string of the molecule is CC.CC(C)N1Cc2ccccc2C1=O.CC(C)n1ccccc1=O. The third kappa shape index (κ3) is 5.31. The number of hydrogen-bond donors (Lipinski definition) is 0. The van der Waals surface area contributed by atoms with Gasteiger partial charge in [-0.25, -0.2) is 0 Å². The summed E-state index contributed by atoms with van der Waals surface area (Å²) in [6.07, 6.45) is 1.80. The molecule has 3 rings (SSSR count). The normalized spacial score (nSPS) is 12.3. The lowest BCUT2D eigenvalue weighted by atomic mass is 10.1. The fraction of sp³-hybridized carbons (Fsp3) is 0.429. The smallest absolute Gasteiger partial charge is 0.254 e. The van der Waals surface area contributed by atoms with Gasteiger partial charge < -0.3 is 9.47 Å². The highest BCUT2D eigenvalue weighted by molar-refractivity contribution is 5.98. The van der Waals surface area contributed by atoms with Crippen LogP contribution in [-0.2, 0) is 6.54 Å². The lowest BCUT2D eigenvalue weighted by Crippen LogP contribution is -2.30. The molecule has 0 saturated heterocycles. The average Bonchev–Trinajstić information content (AvgIpc) is 2.95. The highest BCUT2D eigenvalue weighted by atomic mass is 16.2. The zero-order valence-electron chi connectivity index (χ0n) is 16.2. The van der Waals surface area contributed by atoms with Gasteiger partial charge in [0.2, 0.25) is 0 Å². The predicted octanol–water partition coefficient (Wildman–Crippen LogP) is 4.51. The van der Waals surface area contributed by atoms with Crippen molar-refractivity contribution in [2.24, 2.45) is 0 Å². The van der Waals surface area contributed by atoms with Crippen LogP contribution in [-0.4, -0.2) is 21.4 Å². The maximum atomic E-state index is 11.8. The van der Waals surface area contributed by atoms with E-state index in [2.05, 4.69) is 0 Å². The Hall–Kier alpha value is -2.36. The van der Waals surface area contributed by atoms with Crippen molar-refractivity contribution < 1.29 is 4.79 Å². The van der Waals surface area contributed by atoms with E-state index in [9.17, 15) is 9.59 Å². The number of fused-ring (bicyclic) bond motifs is 1. The topological polar surface area (TPSA) is 42.3 Å². The first kappa shape index (κ1) is 20.7. The standard InChI is InChI=1S/C11H13NO.C8H11NO.C2H6/c1-8(2)12-7-9-5-3-4-6-10(9)11(12)13;1-7(2)9-6-4-3-5-8(9)10;1-2/h3-6,8H,7H2,1-2H3;3-7H,1-2H3;1-2H3. The summed E-state index contributed by atoms with van der Waals surface area (Å²) in [6, 6.07) is 13.6. The Morgan fingerprint density at radius 2 is 1.44 bits per heavy atom. The third-order valence-electron chi connectivity index (χ3n) is 3.88. The van der Waals surface area contributed by atoms with Gasteiger partial charge in [0.1, 0.15) is 0 Å². The van der Waals surface area contributed by atoms with Crippen LogP contribution in [0, 0.1) is 0 Å². The van der Waals surface area contributed by atoms with E-state index >= 15 is 0 Å². The molecule has 1 aromatic carbocycles. The predicted molar refractivity (Wildman–Crippen MR) is 104 cm³/mol. The van der Waals surface area contributed by atoms with Crippen molar-refractivity contribution in [1.82, 2.24) is 9.47 Å². The van der Waals surface area contributed by atoms with Crippen LogP contribution in [0.1, 0.15) is 63.5 Å². The number of hydrogen-bond acceptors (Lipinski definition) is 2. The second-order valence-electron chi connectivity index (χ2n) is 6.22. The van der Waals surface area contributed by atoms with E-state index in [4.69, 9.17) is 0 Å². The number of aromatic nitrogens is 1. The molecule has 1 aromatic heterocycles. The molecule has 0 spiro atoms. The maximum absolute atomic E-state index is 11.8. The Morgan fingerprint density at radius 3 is 1.92 bits per heavy atom. The van der Waals surface area contributed by atoms with Gasteiger partial charge in [-0.15, -0.1) is 0 Å². The molecule has 0 atom stereocenters. The molecule has 1 aliphatic heterocycles. The minimum Gasteiger partial charge on any atom is -0.332 e. The largest absolute Gasteiger partial charge is 0.332 e. The Labute approximate surface area is 151 Å². The van der Waals surface area contributed by atoms with E-state index in [1.54, 1.807) is 22.9 Å². The second kappa shape index (κ2) is 9.82. The molecule has 0 aliphatic carbocycles. The number of carbonyl (C=O) groups is 1. The lowest BCUT2D eigenvalue weighted by molar-refractivity contribution is 0.0730. The highest BCUT2D eigenvalue weighted by Crippen LogP contribution is 2.23. The van der Waals surface area contributed by atoms with Gasteiger partial charge in [0, 0.05) is 36.5 Å². The molecule has 136 valence electrons. The van der Waals surface area contributed by atoms with Crippen molar-refractivity contribution in [3.63, 3.8) is 0 Å². The van der Waals surface area contributed by atoms with Crippen molar-refractivity contribution in [2.75, 3.05) is 0 Å². The molecular formula is C21H30N2O2. The van der Waals surface area contributed by atoms with Crippen LogP contribution in [0.5, 0.6) is 0 Å². The van der Waals surface area contributed by atoms with E-state index in [0.717, 1.165) is 17.7 Å². The van der Waals surface area contributed by atoms with Gasteiger partial charge in [0.15, 0.2) is 0 Å². The van der Waals surface area contributed by atoms with Gasteiger partial charge in [0.05, 0.1) is 0 Å². The summed E-state index contributed by atoms with van der Waals surface area (Å²) >= 11 is 0. The molecule has 0 fully saturated rings. The number of amides is 1. The van der Waals surface area contributed by atoms with E-state index in [1.807, 2.05) is 76.8 Å². The molecule has 4 heteroatoms. The molecule has 1 aliphatic rings. The quantitative estimate of drug-likeness (QED) is 0.806. The van der Waals surface area contributed by atoms with Gasteiger partial charge >= 0.3 is 0 Å². The van der Waals surface area contributed by atoms with Crippen LogP contribution in [0.3, 0.4) is 0 Å². The summed E-state index contributed by atoms with van der Waals surface area (Å²) in [7, 11) is 0. The summed E-state index contributed by atoms with van der Waals surface area (Å²) in [5, 5.41) is 0. The second-order valence-corrected chi connectivity index (χ2v) is 6.22. The van der Waals surface area contributed by atoms with E-state index in [0.29, 0.717) is 6.04 Å². The summed E-state index contributed by atoms with van der Waals surface area (Å²) in [4.78, 5) is 24.7. The van der Waals surface area contributed by atoms with Crippen LogP contribution in [0.15, 0.2) is 53.5 Å². The van der Waals surface area contributed by atoms with E-state index in [1.165, 1.54) is 0 Å². The molecule has 2 aromatic rings. The summed E-state index contributed by atoms with van der Waals surface area (Å²) in [5.41, 5.74) is 2.09. The number of carbonyl (C=O) groups excluding carboxylic acids is 1. The Kier molecular flexibility index (Phi) is 8.12. The number of rotatable bonds is 2. The molecule has 0 bridgehead atoms. The van der Waals surface area contributed by atoms with Gasteiger partial charge in [-0.1, -0.05) is 38.1 Å². The lowest BCUT2D eigenvalue weighted by Gasteiger charge is -2.19. The van der Waals surface area contributed by atoms with Crippen LogP contribution in [0.2, 0.25) is 0 Å². The minimum absolute atomic E-state index is 0.0671. The molecule has 0 saturated carbocycles. The van der Waals surface area contributed by atoms with Crippen LogP contribution in [0.4, 0.5) is 0 Å². The van der Waals surface area contributed by atoms with Crippen molar-refractivity contribution >= 4 is 5.91 Å². The summed E-state index contributed by atoms with van der Waals surface area (Å²) in [5.74, 6) is 0.172. The molecule has 2 heterocycles. The van der Waals surface area contributed by atoms with Gasteiger partial charge in [0.25, 0.3) is 11.5 Å². The molecule has 0 unspecified atom stereocenters. The van der Waals surface area contributed by atoms with Crippen molar-refractivity contribution in [3.8, 4) is 0 Å². The fourth-order valence-corrected chi connectivity index (χ4v) is 2.56. The number of nitrogens with zero attached hydrogens (tertiary/aromatic N) is 2. The van der Waals surface area contributed by atoms with Crippen LogP contribution >= 0.6 is 0 Å². The highest BCUT2D eigenvalue weighted by Gasteiger charge is 2.27. The summed E-state index contributed by atoms with van der Waals surface area (Å²) < 4.78 is 1.69. The molecule has 0 radical (unpaired) electrons. The molecule has 0 N–H and O–H groups in total.